The molecule has 0 aliphatic rings. The lowest BCUT2D eigenvalue weighted by Crippen LogP contribution is -2.15. The Morgan fingerprint density at radius 2 is 2.33 bits per heavy atom. The van der Waals surface area contributed by atoms with Crippen molar-refractivity contribution in [2.75, 3.05) is 36.2 Å². The maximum Gasteiger partial charge on any atom is 0.329 e. The number of aromatic nitrogens is 2. The molecular formula is C10H17N5O2S. The van der Waals surface area contributed by atoms with Gasteiger partial charge in [-0.15, -0.1) is 0 Å². The molecular weight excluding hydrogens is 254 g/mol. The van der Waals surface area contributed by atoms with Crippen LogP contribution in [-0.4, -0.2) is 40.5 Å². The van der Waals surface area contributed by atoms with Gasteiger partial charge in [-0.05, 0) is 17.9 Å². The summed E-state index contributed by atoms with van der Waals surface area (Å²) in [6, 6.07) is 0. The van der Waals surface area contributed by atoms with Gasteiger partial charge < -0.3 is 10.6 Å². The fourth-order valence-corrected chi connectivity index (χ4v) is 2.06. The number of thioether (sulfide) groups is 1. The lowest BCUT2D eigenvalue weighted by atomic mass is 10.2. The fraction of sp³-hybridized carbons (Fsp3) is 0.600. The summed E-state index contributed by atoms with van der Waals surface area (Å²) in [6.45, 7) is 2.72. The van der Waals surface area contributed by atoms with Crippen molar-refractivity contribution in [3.8, 4) is 0 Å². The Morgan fingerprint density at radius 3 is 2.89 bits per heavy atom. The smallest absolute Gasteiger partial charge is 0.329 e. The summed E-state index contributed by atoms with van der Waals surface area (Å²) in [5.74, 6) is 2.02. The average Bonchev–Trinajstić information content (AvgIpc) is 2.36. The molecule has 8 heteroatoms. The first kappa shape index (κ1) is 14.5. The van der Waals surface area contributed by atoms with Crippen molar-refractivity contribution >= 4 is 29.2 Å². The third kappa shape index (κ3) is 4.02. The molecule has 0 saturated carbocycles. The minimum atomic E-state index is -0.485. The van der Waals surface area contributed by atoms with Gasteiger partial charge in [0.05, 0.1) is 4.92 Å². The number of nitrogens with one attached hydrogen (secondary N) is 2. The standard InChI is InChI=1S/C10H17N5O2S/c1-7(6-18-3)4-12-9-8(15(16)17)5-13-10(11-2)14-9/h5,7H,4,6H2,1-3H3,(H2,11,12,13,14). The van der Waals surface area contributed by atoms with Crippen LogP contribution in [0.3, 0.4) is 0 Å². The minimum absolute atomic E-state index is 0.106. The van der Waals surface area contributed by atoms with Crippen LogP contribution in [0.25, 0.3) is 0 Å². The summed E-state index contributed by atoms with van der Waals surface area (Å²) in [7, 11) is 1.67. The zero-order chi connectivity index (χ0) is 13.5. The monoisotopic (exact) mass is 271 g/mol. The molecule has 100 valence electrons. The zero-order valence-corrected chi connectivity index (χ0v) is 11.5. The van der Waals surface area contributed by atoms with Crippen LogP contribution in [0.2, 0.25) is 0 Å². The molecule has 0 amide bonds. The van der Waals surface area contributed by atoms with Crippen LogP contribution in [-0.2, 0) is 0 Å². The highest BCUT2D eigenvalue weighted by molar-refractivity contribution is 7.98. The molecule has 0 radical (unpaired) electrons. The van der Waals surface area contributed by atoms with Gasteiger partial charge in [0, 0.05) is 13.6 Å². The molecule has 1 aromatic heterocycles. The molecule has 1 aromatic rings. The van der Waals surface area contributed by atoms with Gasteiger partial charge in [-0.1, -0.05) is 6.92 Å². The molecule has 0 spiro atoms. The zero-order valence-electron chi connectivity index (χ0n) is 10.6. The molecule has 0 aromatic carbocycles. The molecule has 0 fully saturated rings. The molecule has 0 bridgehead atoms. The molecule has 1 rings (SSSR count). The van der Waals surface area contributed by atoms with E-state index in [9.17, 15) is 10.1 Å². The molecule has 0 aliphatic heterocycles. The SMILES string of the molecule is CNc1ncc([N+](=O)[O-])c(NCC(C)CSC)n1. The first-order chi connectivity index (χ1) is 8.58. The topological polar surface area (TPSA) is 93.0 Å². The van der Waals surface area contributed by atoms with Gasteiger partial charge >= 0.3 is 5.69 Å². The molecule has 0 aliphatic carbocycles. The summed E-state index contributed by atoms with van der Waals surface area (Å²) in [5.41, 5.74) is -0.106. The number of hydrogen-bond donors (Lipinski definition) is 2. The van der Waals surface area contributed by atoms with Crippen molar-refractivity contribution in [1.82, 2.24) is 9.97 Å². The van der Waals surface area contributed by atoms with Crippen LogP contribution in [0.1, 0.15) is 6.92 Å². The van der Waals surface area contributed by atoms with Crippen LogP contribution >= 0.6 is 11.8 Å². The third-order valence-electron chi connectivity index (χ3n) is 2.26. The first-order valence-electron chi connectivity index (χ1n) is 5.50. The van der Waals surface area contributed by atoms with Crippen LogP contribution < -0.4 is 10.6 Å². The minimum Gasteiger partial charge on any atom is -0.364 e. The summed E-state index contributed by atoms with van der Waals surface area (Å²) in [4.78, 5) is 18.3. The summed E-state index contributed by atoms with van der Waals surface area (Å²) in [5, 5.41) is 16.6. The Hall–Kier alpha value is -1.57. The largest absolute Gasteiger partial charge is 0.364 e. The van der Waals surface area contributed by atoms with E-state index in [-0.39, 0.29) is 11.5 Å². The lowest BCUT2D eigenvalue weighted by molar-refractivity contribution is -0.384. The Bertz CT molecular complexity index is 415. The molecule has 7 nitrogen and oxygen atoms in total. The molecule has 1 atom stereocenters. The van der Waals surface area contributed by atoms with E-state index in [1.165, 1.54) is 6.20 Å². The van der Waals surface area contributed by atoms with Gasteiger partial charge in [-0.3, -0.25) is 10.1 Å². The van der Waals surface area contributed by atoms with Gasteiger partial charge in [0.1, 0.15) is 6.20 Å². The van der Waals surface area contributed by atoms with Crippen molar-refractivity contribution in [3.05, 3.63) is 16.3 Å². The highest BCUT2D eigenvalue weighted by atomic mass is 32.2. The summed E-state index contributed by atoms with van der Waals surface area (Å²) in [6.07, 6.45) is 3.24. The van der Waals surface area contributed by atoms with E-state index in [1.807, 2.05) is 6.26 Å². The van der Waals surface area contributed by atoms with Gasteiger partial charge in [0.2, 0.25) is 11.8 Å². The predicted molar refractivity (Wildman–Crippen MR) is 74.3 cm³/mol. The Labute approximate surface area is 110 Å². The van der Waals surface area contributed by atoms with E-state index in [0.717, 1.165) is 5.75 Å². The van der Waals surface area contributed by atoms with Crippen molar-refractivity contribution in [1.29, 1.82) is 0 Å². The first-order valence-corrected chi connectivity index (χ1v) is 6.89. The average molecular weight is 271 g/mol. The van der Waals surface area contributed by atoms with E-state index in [2.05, 4.69) is 27.5 Å². The Kier molecular flexibility index (Phi) is 5.63. The third-order valence-corrected chi connectivity index (χ3v) is 3.16. The highest BCUT2D eigenvalue weighted by Gasteiger charge is 2.17. The van der Waals surface area contributed by atoms with E-state index in [1.54, 1.807) is 18.8 Å². The number of rotatable bonds is 7. The molecule has 0 saturated heterocycles. The molecule has 18 heavy (non-hydrogen) atoms. The Morgan fingerprint density at radius 1 is 1.61 bits per heavy atom. The number of nitrogens with zero attached hydrogens (tertiary/aromatic N) is 3. The van der Waals surface area contributed by atoms with E-state index in [4.69, 9.17) is 0 Å². The van der Waals surface area contributed by atoms with Gasteiger partial charge in [0.15, 0.2) is 0 Å². The van der Waals surface area contributed by atoms with Crippen molar-refractivity contribution in [2.24, 2.45) is 5.92 Å². The van der Waals surface area contributed by atoms with Crippen molar-refractivity contribution in [2.45, 2.75) is 6.92 Å². The van der Waals surface area contributed by atoms with Gasteiger partial charge in [-0.2, -0.15) is 16.7 Å². The lowest BCUT2D eigenvalue weighted by Gasteiger charge is -2.12. The maximum atomic E-state index is 10.9. The molecule has 1 unspecified atom stereocenters. The van der Waals surface area contributed by atoms with Crippen molar-refractivity contribution in [3.63, 3.8) is 0 Å². The number of anilines is 2. The summed E-state index contributed by atoms with van der Waals surface area (Å²) >= 11 is 1.74. The van der Waals surface area contributed by atoms with Gasteiger partial charge in [0.25, 0.3) is 0 Å². The van der Waals surface area contributed by atoms with Crippen LogP contribution in [0.15, 0.2) is 6.20 Å². The fourth-order valence-electron chi connectivity index (χ4n) is 1.37. The van der Waals surface area contributed by atoms with Crippen molar-refractivity contribution < 1.29 is 4.92 Å². The molecule has 1 heterocycles. The second-order valence-electron chi connectivity index (χ2n) is 3.88. The quantitative estimate of drug-likeness (QED) is 0.577. The van der Waals surface area contributed by atoms with Crippen LogP contribution in [0.4, 0.5) is 17.5 Å². The van der Waals surface area contributed by atoms with Crippen LogP contribution in [0, 0.1) is 16.0 Å². The summed E-state index contributed by atoms with van der Waals surface area (Å²) < 4.78 is 0. The molecule has 2 N–H and O–H groups in total. The Balaban J connectivity index is 2.80. The maximum absolute atomic E-state index is 10.9. The predicted octanol–water partition coefficient (Wildman–Crippen LogP) is 1.84. The number of hydrogen-bond acceptors (Lipinski definition) is 7. The second-order valence-corrected chi connectivity index (χ2v) is 4.79. The van der Waals surface area contributed by atoms with Crippen LogP contribution in [0.5, 0.6) is 0 Å². The van der Waals surface area contributed by atoms with Gasteiger partial charge in [-0.25, -0.2) is 4.98 Å². The number of nitro groups is 1. The highest BCUT2D eigenvalue weighted by Crippen LogP contribution is 2.22. The van der Waals surface area contributed by atoms with E-state index >= 15 is 0 Å². The van der Waals surface area contributed by atoms with E-state index < -0.39 is 4.92 Å². The normalized spacial score (nSPS) is 11.9. The second kappa shape index (κ2) is 7.00. The van der Waals surface area contributed by atoms with E-state index in [0.29, 0.717) is 18.4 Å².